The molecule has 3 aromatic carbocycles. The number of fused-ring (bicyclic) bond motifs is 3. The molecule has 0 spiro atoms. The number of halogens is 1. The lowest BCUT2D eigenvalue weighted by Crippen LogP contribution is -2.42. The molecule has 0 aliphatic carbocycles. The van der Waals surface area contributed by atoms with E-state index >= 15 is 0 Å². The first-order valence-corrected chi connectivity index (χ1v) is 10.5. The van der Waals surface area contributed by atoms with E-state index in [1.807, 2.05) is 36.4 Å². The van der Waals surface area contributed by atoms with Gasteiger partial charge in [-0.1, -0.05) is 52.3 Å². The first-order valence-electron chi connectivity index (χ1n) is 9.72. The monoisotopic (exact) mass is 435 g/mol. The number of hydrogen-bond donors (Lipinski definition) is 1. The summed E-state index contributed by atoms with van der Waals surface area (Å²) in [4.78, 5) is 2.43. The van der Waals surface area contributed by atoms with Crippen LogP contribution in [0.2, 0.25) is 0 Å². The van der Waals surface area contributed by atoms with Crippen LogP contribution >= 0.6 is 15.9 Å². The minimum absolute atomic E-state index is 0.720. The Kier molecular flexibility index (Phi) is 4.50. The highest BCUT2D eigenvalue weighted by Gasteiger charge is 2.33. The van der Waals surface area contributed by atoms with E-state index in [2.05, 4.69) is 51.2 Å². The molecule has 4 heteroatoms. The van der Waals surface area contributed by atoms with Crippen LogP contribution in [-0.2, 0) is 12.1 Å². The zero-order valence-electron chi connectivity index (χ0n) is 15.6. The van der Waals surface area contributed by atoms with Gasteiger partial charge in [-0.25, -0.2) is 0 Å². The van der Waals surface area contributed by atoms with Gasteiger partial charge in [0.05, 0.1) is 5.60 Å². The van der Waals surface area contributed by atoms with Crippen LogP contribution in [0.4, 0.5) is 0 Å². The van der Waals surface area contributed by atoms with Gasteiger partial charge in [0.15, 0.2) is 0 Å². The maximum absolute atomic E-state index is 11.1. The van der Waals surface area contributed by atoms with Crippen LogP contribution < -0.4 is 0 Å². The zero-order chi connectivity index (χ0) is 19.1. The quantitative estimate of drug-likeness (QED) is 0.439. The van der Waals surface area contributed by atoms with Crippen molar-refractivity contribution in [2.75, 3.05) is 13.1 Å². The number of hydrogen-bond acceptors (Lipinski definition) is 3. The predicted octanol–water partition coefficient (Wildman–Crippen LogP) is 5.83. The van der Waals surface area contributed by atoms with Gasteiger partial charge in [0.2, 0.25) is 0 Å². The number of likely N-dealkylation sites (tertiary alicyclic amines) is 1. The van der Waals surface area contributed by atoms with Crippen molar-refractivity contribution in [2.24, 2.45) is 0 Å². The van der Waals surface area contributed by atoms with Gasteiger partial charge in [0.25, 0.3) is 0 Å². The van der Waals surface area contributed by atoms with Crippen LogP contribution in [-0.4, -0.2) is 23.1 Å². The Morgan fingerprint density at radius 3 is 2.39 bits per heavy atom. The third-order valence-electron chi connectivity index (χ3n) is 5.91. The number of para-hydroxylation sites is 1. The number of piperidine rings is 1. The van der Waals surface area contributed by atoms with Gasteiger partial charge >= 0.3 is 0 Å². The summed E-state index contributed by atoms with van der Waals surface area (Å²) in [6, 6.07) is 22.7. The summed E-state index contributed by atoms with van der Waals surface area (Å²) in [5.74, 6) is 0. The van der Waals surface area contributed by atoms with Crippen LogP contribution in [0.3, 0.4) is 0 Å². The van der Waals surface area contributed by atoms with E-state index in [9.17, 15) is 5.11 Å². The molecule has 0 saturated carbocycles. The highest BCUT2D eigenvalue weighted by atomic mass is 79.9. The fourth-order valence-corrected chi connectivity index (χ4v) is 4.52. The van der Waals surface area contributed by atoms with Gasteiger partial charge in [0, 0.05) is 34.9 Å². The Hall–Kier alpha value is -2.14. The second kappa shape index (κ2) is 7.03. The van der Waals surface area contributed by atoms with Crippen LogP contribution in [0.5, 0.6) is 0 Å². The summed E-state index contributed by atoms with van der Waals surface area (Å²) in [5, 5.41) is 13.4. The first kappa shape index (κ1) is 17.9. The number of nitrogens with zero attached hydrogens (tertiary/aromatic N) is 1. The molecule has 4 aromatic rings. The summed E-state index contributed by atoms with van der Waals surface area (Å²) >= 11 is 3.47. The van der Waals surface area contributed by atoms with Gasteiger partial charge in [0.1, 0.15) is 11.2 Å². The van der Waals surface area contributed by atoms with Crippen molar-refractivity contribution in [3.8, 4) is 0 Å². The molecule has 3 nitrogen and oxygen atoms in total. The summed E-state index contributed by atoms with van der Waals surface area (Å²) in [7, 11) is 0. The van der Waals surface area contributed by atoms with Gasteiger partial charge in [-0.3, -0.25) is 4.90 Å². The minimum Gasteiger partial charge on any atom is -0.456 e. The van der Waals surface area contributed by atoms with E-state index < -0.39 is 5.60 Å². The zero-order valence-corrected chi connectivity index (χ0v) is 17.2. The highest BCUT2D eigenvalue weighted by Crippen LogP contribution is 2.34. The van der Waals surface area contributed by atoms with Crippen LogP contribution in [0.1, 0.15) is 24.0 Å². The third-order valence-corrected chi connectivity index (χ3v) is 6.44. The number of aliphatic hydroxyl groups is 1. The molecule has 1 fully saturated rings. The fraction of sp³-hybridized carbons (Fsp3) is 0.250. The van der Waals surface area contributed by atoms with E-state index in [0.717, 1.165) is 53.7 Å². The Bertz CT molecular complexity index is 1120. The van der Waals surface area contributed by atoms with Crippen LogP contribution in [0.25, 0.3) is 21.9 Å². The lowest BCUT2D eigenvalue weighted by atomic mass is 9.84. The number of benzene rings is 3. The maximum atomic E-state index is 11.1. The third kappa shape index (κ3) is 3.26. The molecule has 1 aliphatic rings. The van der Waals surface area contributed by atoms with Gasteiger partial charge in [-0.15, -0.1) is 0 Å². The van der Waals surface area contributed by atoms with Crippen molar-refractivity contribution in [2.45, 2.75) is 25.0 Å². The number of rotatable bonds is 3. The second-order valence-electron chi connectivity index (χ2n) is 7.74. The van der Waals surface area contributed by atoms with Crippen molar-refractivity contribution in [3.63, 3.8) is 0 Å². The molecule has 0 bridgehead atoms. The van der Waals surface area contributed by atoms with Crippen molar-refractivity contribution < 1.29 is 9.52 Å². The maximum Gasteiger partial charge on any atom is 0.135 e. The van der Waals surface area contributed by atoms with Crippen molar-refractivity contribution >= 4 is 37.9 Å². The smallest absolute Gasteiger partial charge is 0.135 e. The summed E-state index contributed by atoms with van der Waals surface area (Å²) in [6.45, 7) is 2.67. The van der Waals surface area contributed by atoms with Gasteiger partial charge in [-0.2, -0.15) is 0 Å². The Morgan fingerprint density at radius 1 is 0.893 bits per heavy atom. The molecule has 1 aliphatic heterocycles. The summed E-state index contributed by atoms with van der Waals surface area (Å²) < 4.78 is 6.97. The van der Waals surface area contributed by atoms with E-state index in [0.29, 0.717) is 0 Å². The SMILES string of the molecule is OC1(c2ccc(Br)cc2)CCN(Cc2ccc3oc4ccccc4c3c2)CC1. The lowest BCUT2D eigenvalue weighted by Gasteiger charge is -2.38. The molecule has 0 unspecified atom stereocenters. The molecule has 1 saturated heterocycles. The molecule has 1 aromatic heterocycles. The van der Waals surface area contributed by atoms with E-state index in [1.54, 1.807) is 0 Å². The van der Waals surface area contributed by atoms with Crippen LogP contribution in [0, 0.1) is 0 Å². The molecule has 2 heterocycles. The molecular formula is C24H22BrNO2. The first-order chi connectivity index (χ1) is 13.6. The largest absolute Gasteiger partial charge is 0.456 e. The molecule has 28 heavy (non-hydrogen) atoms. The molecule has 0 atom stereocenters. The normalized spacial score (nSPS) is 17.4. The molecule has 0 radical (unpaired) electrons. The van der Waals surface area contributed by atoms with E-state index in [4.69, 9.17) is 4.42 Å². The highest BCUT2D eigenvalue weighted by molar-refractivity contribution is 9.10. The molecule has 0 amide bonds. The lowest BCUT2D eigenvalue weighted by molar-refractivity contribution is -0.0277. The minimum atomic E-state index is -0.720. The molecule has 142 valence electrons. The summed E-state index contributed by atoms with van der Waals surface area (Å²) in [6.07, 6.45) is 1.51. The van der Waals surface area contributed by atoms with Crippen molar-refractivity contribution in [1.82, 2.24) is 4.90 Å². The predicted molar refractivity (Wildman–Crippen MR) is 116 cm³/mol. The Balaban J connectivity index is 1.32. The standard InChI is InChI=1S/C24H22BrNO2/c25-19-8-6-18(7-9-19)24(27)11-13-26(14-12-24)16-17-5-10-23-21(15-17)20-3-1-2-4-22(20)28-23/h1-10,15,27H,11-14,16H2. The Labute approximate surface area is 172 Å². The average molecular weight is 436 g/mol. The van der Waals surface area contributed by atoms with Crippen LogP contribution in [0.15, 0.2) is 75.6 Å². The number of furan rings is 1. The van der Waals surface area contributed by atoms with Crippen molar-refractivity contribution in [1.29, 1.82) is 0 Å². The van der Waals surface area contributed by atoms with E-state index in [1.165, 1.54) is 16.3 Å². The molecular weight excluding hydrogens is 414 g/mol. The van der Waals surface area contributed by atoms with Crippen molar-refractivity contribution in [3.05, 3.63) is 82.3 Å². The fourth-order valence-electron chi connectivity index (χ4n) is 4.26. The Morgan fingerprint density at radius 2 is 1.61 bits per heavy atom. The average Bonchev–Trinajstić information content (AvgIpc) is 3.08. The summed E-state index contributed by atoms with van der Waals surface area (Å²) in [5.41, 5.74) is 3.46. The van der Waals surface area contributed by atoms with Gasteiger partial charge in [-0.05, 0) is 54.3 Å². The topological polar surface area (TPSA) is 36.6 Å². The molecule has 1 N–H and O–H groups in total. The van der Waals surface area contributed by atoms with Gasteiger partial charge < -0.3 is 9.52 Å². The molecule has 5 rings (SSSR count). The van der Waals surface area contributed by atoms with E-state index in [-0.39, 0.29) is 0 Å². The second-order valence-corrected chi connectivity index (χ2v) is 8.66.